The Morgan fingerprint density at radius 2 is 1.69 bits per heavy atom. The number of piperidine rings is 2. The molecule has 2 saturated heterocycles. The third-order valence-electron chi connectivity index (χ3n) is 8.26. The molecule has 2 aliphatic heterocycles. The molecule has 184 valence electrons. The molecule has 6 rings (SSSR count). The number of carbonyl (C=O) groups is 3. The largest absolute Gasteiger partial charge is 0.481 e. The number of nitrogens with one attached hydrogen (secondary N) is 1. The summed E-state index contributed by atoms with van der Waals surface area (Å²) in [6, 6.07) is 16.0. The fourth-order valence-corrected chi connectivity index (χ4v) is 6.16. The number of rotatable bonds is 6. The number of carboxylic acid groups (broad SMARTS) is 1. The number of benzene rings is 2. The van der Waals surface area contributed by atoms with Crippen molar-refractivity contribution in [1.82, 2.24) is 10.2 Å². The van der Waals surface area contributed by atoms with Crippen LogP contribution < -0.4 is 5.32 Å². The Labute approximate surface area is 205 Å². The second-order valence-electron chi connectivity index (χ2n) is 10.3. The number of hydrogen-bond donors (Lipinski definition) is 2. The van der Waals surface area contributed by atoms with Crippen LogP contribution in [0.5, 0.6) is 0 Å². The van der Waals surface area contributed by atoms with Gasteiger partial charge in [0.05, 0.1) is 5.92 Å². The van der Waals surface area contributed by atoms with Crippen LogP contribution >= 0.6 is 0 Å². The van der Waals surface area contributed by atoms with Gasteiger partial charge in [0.1, 0.15) is 12.1 Å². The maximum absolute atomic E-state index is 13.6. The van der Waals surface area contributed by atoms with Gasteiger partial charge in [-0.25, -0.2) is 4.79 Å². The molecule has 2 aromatic carbocycles. The summed E-state index contributed by atoms with van der Waals surface area (Å²) < 4.78 is 5.68. The topological polar surface area (TPSA) is 95.9 Å². The van der Waals surface area contributed by atoms with E-state index in [1.165, 1.54) is 0 Å². The van der Waals surface area contributed by atoms with Gasteiger partial charge in [-0.2, -0.15) is 0 Å². The summed E-state index contributed by atoms with van der Waals surface area (Å²) in [6.45, 7) is 4.27. The van der Waals surface area contributed by atoms with Crippen molar-refractivity contribution in [1.29, 1.82) is 0 Å². The summed E-state index contributed by atoms with van der Waals surface area (Å²) in [5, 5.41) is 12.5. The summed E-state index contributed by atoms with van der Waals surface area (Å²) in [6.07, 6.45) is 1.99. The summed E-state index contributed by atoms with van der Waals surface area (Å²) >= 11 is 0. The summed E-state index contributed by atoms with van der Waals surface area (Å²) in [7, 11) is 0. The van der Waals surface area contributed by atoms with Crippen LogP contribution in [0.3, 0.4) is 0 Å². The van der Waals surface area contributed by atoms with Crippen LogP contribution in [0, 0.1) is 11.8 Å². The second-order valence-corrected chi connectivity index (χ2v) is 10.3. The molecular formula is C28H32N2O5. The van der Waals surface area contributed by atoms with Crippen molar-refractivity contribution >= 4 is 18.0 Å². The lowest BCUT2D eigenvalue weighted by molar-refractivity contribution is -0.158. The number of amides is 2. The Morgan fingerprint density at radius 1 is 1.06 bits per heavy atom. The molecule has 3 fully saturated rings. The molecule has 2 amide bonds. The first-order chi connectivity index (χ1) is 16.8. The summed E-state index contributed by atoms with van der Waals surface area (Å²) in [5.41, 5.74) is 3.39. The highest BCUT2D eigenvalue weighted by Gasteiger charge is 2.49. The number of ether oxygens (including phenoxy) is 1. The second kappa shape index (κ2) is 9.02. The SMILES string of the molecule is CCC(C)(NC(=O)OCC1c2ccccc2-c2ccccc21)C(=O)N1CC2CCC1C(C(=O)O)C2. The van der Waals surface area contributed by atoms with Crippen molar-refractivity contribution in [2.24, 2.45) is 11.8 Å². The van der Waals surface area contributed by atoms with E-state index in [9.17, 15) is 19.5 Å². The third kappa shape index (κ3) is 4.07. The van der Waals surface area contributed by atoms with Gasteiger partial charge in [0.2, 0.25) is 5.91 Å². The van der Waals surface area contributed by atoms with Gasteiger partial charge < -0.3 is 20.1 Å². The number of alkyl carbamates (subject to hydrolysis) is 1. The lowest BCUT2D eigenvalue weighted by Gasteiger charge is -2.50. The summed E-state index contributed by atoms with van der Waals surface area (Å²) in [5.74, 6) is -1.48. The molecule has 7 nitrogen and oxygen atoms in total. The highest BCUT2D eigenvalue weighted by atomic mass is 16.5. The summed E-state index contributed by atoms with van der Waals surface area (Å²) in [4.78, 5) is 40.0. The molecular weight excluding hydrogens is 444 g/mol. The Morgan fingerprint density at radius 3 is 2.26 bits per heavy atom. The Kier molecular flexibility index (Phi) is 6.03. The van der Waals surface area contributed by atoms with E-state index in [0.717, 1.165) is 28.7 Å². The van der Waals surface area contributed by atoms with Gasteiger partial charge in [-0.15, -0.1) is 0 Å². The average Bonchev–Trinajstić information content (AvgIpc) is 3.20. The van der Waals surface area contributed by atoms with Gasteiger partial charge in [0, 0.05) is 18.5 Å². The molecule has 0 radical (unpaired) electrons. The zero-order valence-electron chi connectivity index (χ0n) is 20.2. The first-order valence-corrected chi connectivity index (χ1v) is 12.5. The van der Waals surface area contributed by atoms with Gasteiger partial charge in [0.25, 0.3) is 0 Å². The fourth-order valence-electron chi connectivity index (χ4n) is 6.16. The molecule has 2 aliphatic carbocycles. The minimum absolute atomic E-state index is 0.0640. The van der Waals surface area contributed by atoms with Crippen LogP contribution in [0.15, 0.2) is 48.5 Å². The molecule has 2 heterocycles. The number of carbonyl (C=O) groups excluding carboxylic acids is 2. The zero-order valence-corrected chi connectivity index (χ0v) is 20.2. The van der Waals surface area contributed by atoms with Gasteiger partial charge in [0.15, 0.2) is 0 Å². The Balaban J connectivity index is 1.28. The van der Waals surface area contributed by atoms with Gasteiger partial charge in [-0.1, -0.05) is 55.5 Å². The monoisotopic (exact) mass is 476 g/mol. The van der Waals surface area contributed by atoms with Crippen molar-refractivity contribution in [2.75, 3.05) is 13.2 Å². The van der Waals surface area contributed by atoms with Gasteiger partial charge >= 0.3 is 12.1 Å². The molecule has 2 bridgehead atoms. The zero-order chi connectivity index (χ0) is 24.7. The van der Waals surface area contributed by atoms with E-state index in [4.69, 9.17) is 4.74 Å². The highest BCUT2D eigenvalue weighted by Crippen LogP contribution is 2.44. The lowest BCUT2D eigenvalue weighted by Crippen LogP contribution is -2.65. The van der Waals surface area contributed by atoms with Crippen molar-refractivity contribution < 1.29 is 24.2 Å². The first kappa shape index (κ1) is 23.4. The standard InChI is InChI=1S/C28H32N2O5/c1-3-28(2,26(33)30-15-17-12-13-24(30)22(14-17)25(31)32)29-27(34)35-16-23-20-10-6-4-8-18(20)19-9-5-7-11-21(19)23/h4-11,17,22-24H,3,12-16H2,1-2H3,(H,29,34)(H,31,32). The van der Waals surface area contributed by atoms with Crippen LogP contribution in [0.1, 0.15) is 56.6 Å². The van der Waals surface area contributed by atoms with Crippen molar-refractivity contribution in [3.63, 3.8) is 0 Å². The molecule has 7 heteroatoms. The van der Waals surface area contributed by atoms with Gasteiger partial charge in [-0.3, -0.25) is 9.59 Å². The molecule has 4 atom stereocenters. The molecule has 0 aromatic heterocycles. The van der Waals surface area contributed by atoms with Gasteiger partial charge in [-0.05, 0) is 60.8 Å². The Hall–Kier alpha value is -3.35. The number of hydrogen-bond acceptors (Lipinski definition) is 4. The van der Waals surface area contributed by atoms with Crippen LogP contribution in [-0.4, -0.2) is 52.7 Å². The maximum atomic E-state index is 13.6. The molecule has 4 unspecified atom stereocenters. The minimum Gasteiger partial charge on any atom is -0.481 e. The average molecular weight is 477 g/mol. The number of fused-ring (bicyclic) bond motifs is 6. The normalized spacial score (nSPS) is 24.3. The van der Waals surface area contributed by atoms with E-state index >= 15 is 0 Å². The first-order valence-electron chi connectivity index (χ1n) is 12.5. The van der Waals surface area contributed by atoms with Crippen molar-refractivity contribution in [3.8, 4) is 11.1 Å². The lowest BCUT2D eigenvalue weighted by atomic mass is 9.72. The molecule has 1 saturated carbocycles. The molecule has 0 spiro atoms. The van der Waals surface area contributed by atoms with Crippen LogP contribution in [-0.2, 0) is 14.3 Å². The number of aliphatic carboxylic acids is 1. The number of nitrogens with zero attached hydrogens (tertiary/aromatic N) is 1. The predicted octanol–water partition coefficient (Wildman–Crippen LogP) is 4.41. The minimum atomic E-state index is -1.16. The smallest absolute Gasteiger partial charge is 0.408 e. The van der Waals surface area contributed by atoms with E-state index in [2.05, 4.69) is 29.6 Å². The Bertz CT molecular complexity index is 1120. The van der Waals surface area contributed by atoms with E-state index in [1.807, 2.05) is 31.2 Å². The third-order valence-corrected chi connectivity index (χ3v) is 8.26. The van der Waals surface area contributed by atoms with Crippen LogP contribution in [0.2, 0.25) is 0 Å². The van der Waals surface area contributed by atoms with E-state index in [0.29, 0.717) is 25.8 Å². The van der Waals surface area contributed by atoms with E-state index in [1.54, 1.807) is 11.8 Å². The molecule has 2 aromatic rings. The number of carboxylic acids is 1. The van der Waals surface area contributed by atoms with E-state index < -0.39 is 23.5 Å². The van der Waals surface area contributed by atoms with E-state index in [-0.39, 0.29) is 30.4 Å². The highest BCUT2D eigenvalue weighted by molar-refractivity contribution is 5.90. The maximum Gasteiger partial charge on any atom is 0.408 e. The van der Waals surface area contributed by atoms with Crippen LogP contribution in [0.25, 0.3) is 11.1 Å². The molecule has 2 N–H and O–H groups in total. The molecule has 4 aliphatic rings. The van der Waals surface area contributed by atoms with Crippen molar-refractivity contribution in [2.45, 2.75) is 57.0 Å². The quantitative estimate of drug-likeness (QED) is 0.644. The van der Waals surface area contributed by atoms with Crippen molar-refractivity contribution in [3.05, 3.63) is 59.7 Å². The molecule has 35 heavy (non-hydrogen) atoms. The fraction of sp³-hybridized carbons (Fsp3) is 0.464. The van der Waals surface area contributed by atoms with Crippen LogP contribution in [0.4, 0.5) is 4.79 Å². The predicted molar refractivity (Wildman–Crippen MR) is 131 cm³/mol.